The molecule has 0 unspecified atom stereocenters. The molecule has 0 bridgehead atoms. The van der Waals surface area contributed by atoms with Gasteiger partial charge >= 0.3 is 0 Å². The number of amides is 1. The summed E-state index contributed by atoms with van der Waals surface area (Å²) in [5.74, 6) is 0.738. The number of amidine groups is 1. The normalized spacial score (nSPS) is 20.6. The number of hydrogen-bond donors (Lipinski definition) is 0. The molecule has 0 saturated carbocycles. The van der Waals surface area contributed by atoms with E-state index in [1.54, 1.807) is 43.0 Å². The minimum atomic E-state index is -0.0539. The van der Waals surface area contributed by atoms with Gasteiger partial charge < -0.3 is 9.64 Å². The maximum absolute atomic E-state index is 12.8. The number of halogens is 1. The lowest BCUT2D eigenvalue weighted by molar-refractivity contribution is -0.121. The molecule has 2 aromatic carbocycles. The van der Waals surface area contributed by atoms with E-state index in [2.05, 4.69) is 4.99 Å². The van der Waals surface area contributed by atoms with Gasteiger partial charge in [0.15, 0.2) is 5.17 Å². The summed E-state index contributed by atoms with van der Waals surface area (Å²) >= 11 is 8.90. The number of hydrogen-bond acceptors (Lipinski definition) is 6. The van der Waals surface area contributed by atoms with Crippen molar-refractivity contribution in [3.8, 4) is 5.75 Å². The highest BCUT2D eigenvalue weighted by molar-refractivity contribution is 8.19. The SMILES string of the molecule is COc1ccc2c(c1)N(C)/C(=C1/SC(=Nc3ccc(Cl)cc3)N(C)C1=O)S2. The second kappa shape index (κ2) is 7.14. The molecule has 27 heavy (non-hydrogen) atoms. The lowest BCUT2D eigenvalue weighted by Crippen LogP contribution is -2.24. The largest absolute Gasteiger partial charge is 0.497 e. The number of carbonyl (C=O) groups is 1. The standard InChI is InChI=1S/C19H16ClN3O2S2/c1-22-14-10-13(25-3)8-9-15(14)26-18(22)16-17(24)23(2)19(27-16)21-12-6-4-11(20)5-7-12/h4-10H,1-3H3/b18-16-,21-19?. The Balaban J connectivity index is 1.68. The fourth-order valence-corrected chi connectivity index (χ4v) is 5.19. The molecule has 2 heterocycles. The Labute approximate surface area is 171 Å². The van der Waals surface area contributed by atoms with Crippen LogP contribution in [0.3, 0.4) is 0 Å². The van der Waals surface area contributed by atoms with E-state index in [1.807, 2.05) is 42.3 Å². The van der Waals surface area contributed by atoms with Gasteiger partial charge in [-0.25, -0.2) is 4.99 Å². The Morgan fingerprint density at radius 3 is 2.48 bits per heavy atom. The smallest absolute Gasteiger partial charge is 0.269 e. The van der Waals surface area contributed by atoms with Gasteiger partial charge in [-0.3, -0.25) is 9.69 Å². The predicted molar refractivity (Wildman–Crippen MR) is 113 cm³/mol. The lowest BCUT2D eigenvalue weighted by atomic mass is 10.3. The highest BCUT2D eigenvalue weighted by atomic mass is 35.5. The van der Waals surface area contributed by atoms with Crippen molar-refractivity contribution in [2.45, 2.75) is 4.90 Å². The van der Waals surface area contributed by atoms with Crippen molar-refractivity contribution in [2.75, 3.05) is 26.1 Å². The van der Waals surface area contributed by atoms with Gasteiger partial charge in [-0.05, 0) is 48.2 Å². The molecular formula is C19H16ClN3O2S2. The zero-order valence-corrected chi connectivity index (χ0v) is 17.3. The summed E-state index contributed by atoms with van der Waals surface area (Å²) in [6, 6.07) is 13.1. The van der Waals surface area contributed by atoms with Crippen LogP contribution in [-0.2, 0) is 4.79 Å². The number of thioether (sulfide) groups is 2. The van der Waals surface area contributed by atoms with Crippen LogP contribution in [0.4, 0.5) is 11.4 Å². The first-order valence-corrected chi connectivity index (χ1v) is 10.1. The third-order valence-electron chi connectivity index (χ3n) is 4.26. The number of aliphatic imine (C=N–C) groups is 1. The number of ether oxygens (including phenoxy) is 1. The molecule has 1 amide bonds. The fraction of sp³-hybridized carbons (Fsp3) is 0.158. The average molecular weight is 418 g/mol. The van der Waals surface area contributed by atoms with Crippen LogP contribution in [0.1, 0.15) is 0 Å². The van der Waals surface area contributed by atoms with Crippen molar-refractivity contribution in [3.63, 3.8) is 0 Å². The quantitative estimate of drug-likeness (QED) is 0.646. The van der Waals surface area contributed by atoms with Gasteiger partial charge in [0.05, 0.1) is 23.5 Å². The summed E-state index contributed by atoms with van der Waals surface area (Å²) in [5, 5.41) is 2.20. The van der Waals surface area contributed by atoms with Gasteiger partial charge in [0.2, 0.25) is 0 Å². The van der Waals surface area contributed by atoms with Gasteiger partial charge in [-0.15, -0.1) is 0 Å². The molecule has 138 valence electrons. The summed E-state index contributed by atoms with van der Waals surface area (Å²) in [4.78, 5) is 22.8. The van der Waals surface area contributed by atoms with E-state index in [0.717, 1.165) is 27.0 Å². The molecule has 2 aliphatic rings. The molecule has 0 atom stereocenters. The van der Waals surface area contributed by atoms with Crippen molar-refractivity contribution < 1.29 is 9.53 Å². The molecule has 1 saturated heterocycles. The van der Waals surface area contributed by atoms with Crippen molar-refractivity contribution >= 4 is 57.6 Å². The zero-order valence-electron chi connectivity index (χ0n) is 14.9. The zero-order chi connectivity index (χ0) is 19.1. The maximum atomic E-state index is 12.8. The van der Waals surface area contributed by atoms with E-state index in [9.17, 15) is 4.79 Å². The molecule has 1 fully saturated rings. The first-order valence-electron chi connectivity index (χ1n) is 8.12. The molecule has 2 aliphatic heterocycles. The van der Waals surface area contributed by atoms with Crippen LogP contribution in [0, 0.1) is 0 Å². The molecule has 0 aromatic heterocycles. The van der Waals surface area contributed by atoms with Crippen molar-refractivity contribution in [1.29, 1.82) is 0 Å². The van der Waals surface area contributed by atoms with E-state index < -0.39 is 0 Å². The minimum absolute atomic E-state index is 0.0539. The molecular weight excluding hydrogens is 402 g/mol. The Hall–Kier alpha value is -2.09. The summed E-state index contributed by atoms with van der Waals surface area (Å²) in [7, 11) is 5.35. The van der Waals surface area contributed by atoms with Crippen LogP contribution in [0.25, 0.3) is 0 Å². The van der Waals surface area contributed by atoms with Crippen molar-refractivity contribution in [1.82, 2.24) is 4.90 Å². The number of anilines is 1. The Bertz CT molecular complexity index is 989. The van der Waals surface area contributed by atoms with E-state index in [-0.39, 0.29) is 5.91 Å². The molecule has 8 heteroatoms. The summed E-state index contributed by atoms with van der Waals surface area (Å²) in [6.07, 6.45) is 0. The van der Waals surface area contributed by atoms with E-state index in [1.165, 1.54) is 11.8 Å². The van der Waals surface area contributed by atoms with Crippen molar-refractivity contribution in [3.05, 3.63) is 57.4 Å². The molecule has 0 aliphatic carbocycles. The average Bonchev–Trinajstić information content (AvgIpc) is 3.14. The molecule has 0 radical (unpaired) electrons. The molecule has 0 spiro atoms. The Morgan fingerprint density at radius 2 is 1.78 bits per heavy atom. The topological polar surface area (TPSA) is 45.1 Å². The minimum Gasteiger partial charge on any atom is -0.497 e. The number of nitrogens with zero attached hydrogens (tertiary/aromatic N) is 3. The van der Waals surface area contributed by atoms with Gasteiger partial charge in [0.25, 0.3) is 5.91 Å². The third-order valence-corrected chi connectivity index (χ3v) is 7.00. The van der Waals surface area contributed by atoms with Crippen LogP contribution in [0.2, 0.25) is 5.02 Å². The first-order chi connectivity index (χ1) is 13.0. The molecule has 5 nitrogen and oxygen atoms in total. The van der Waals surface area contributed by atoms with E-state index in [0.29, 0.717) is 15.1 Å². The monoisotopic (exact) mass is 417 g/mol. The summed E-state index contributed by atoms with van der Waals surface area (Å²) < 4.78 is 5.32. The van der Waals surface area contributed by atoms with Crippen LogP contribution < -0.4 is 9.64 Å². The number of methoxy groups -OCH3 is 1. The summed E-state index contributed by atoms with van der Waals surface area (Å²) in [5.41, 5.74) is 1.79. The number of likely N-dealkylation sites (N-methyl/N-ethyl adjacent to an activating group) is 1. The number of fused-ring (bicyclic) bond motifs is 1. The third kappa shape index (κ3) is 3.31. The lowest BCUT2D eigenvalue weighted by Gasteiger charge is -2.15. The Kier molecular flexibility index (Phi) is 4.84. The predicted octanol–water partition coefficient (Wildman–Crippen LogP) is 4.95. The van der Waals surface area contributed by atoms with E-state index >= 15 is 0 Å². The van der Waals surface area contributed by atoms with Crippen LogP contribution in [0.15, 0.2) is 62.3 Å². The number of carbonyl (C=O) groups excluding carboxylic acids is 1. The maximum Gasteiger partial charge on any atom is 0.269 e. The van der Waals surface area contributed by atoms with Gasteiger partial charge in [0, 0.05) is 30.1 Å². The van der Waals surface area contributed by atoms with E-state index in [4.69, 9.17) is 16.3 Å². The van der Waals surface area contributed by atoms with Gasteiger partial charge in [-0.2, -0.15) is 0 Å². The molecule has 0 N–H and O–H groups in total. The summed E-state index contributed by atoms with van der Waals surface area (Å²) in [6.45, 7) is 0. The molecule has 4 rings (SSSR count). The van der Waals surface area contributed by atoms with Crippen LogP contribution in [0.5, 0.6) is 5.75 Å². The van der Waals surface area contributed by atoms with Crippen molar-refractivity contribution in [2.24, 2.45) is 4.99 Å². The number of rotatable bonds is 2. The second-order valence-electron chi connectivity index (χ2n) is 5.97. The Morgan fingerprint density at radius 1 is 1.04 bits per heavy atom. The van der Waals surface area contributed by atoms with Crippen LogP contribution >= 0.6 is 35.1 Å². The highest BCUT2D eigenvalue weighted by Crippen LogP contribution is 2.50. The van der Waals surface area contributed by atoms with Gasteiger partial charge in [-0.1, -0.05) is 23.4 Å². The van der Waals surface area contributed by atoms with Gasteiger partial charge in [0.1, 0.15) is 10.7 Å². The fourth-order valence-electron chi connectivity index (χ4n) is 2.75. The first kappa shape index (κ1) is 18.3. The number of benzene rings is 2. The second-order valence-corrected chi connectivity index (χ2v) is 8.41. The highest BCUT2D eigenvalue weighted by Gasteiger charge is 2.37. The molecule has 2 aromatic rings. The van der Waals surface area contributed by atoms with Crippen LogP contribution in [-0.4, -0.2) is 37.2 Å².